The van der Waals surface area contributed by atoms with Crippen molar-refractivity contribution < 1.29 is 29.0 Å². The van der Waals surface area contributed by atoms with E-state index in [-0.39, 0.29) is 19.6 Å². The summed E-state index contributed by atoms with van der Waals surface area (Å²) in [5, 5.41) is 14.8. The van der Waals surface area contributed by atoms with Crippen LogP contribution >= 0.6 is 0 Å². The Morgan fingerprint density at radius 1 is 1.25 bits per heavy atom. The summed E-state index contributed by atoms with van der Waals surface area (Å²) in [4.78, 5) is 35.4. The van der Waals surface area contributed by atoms with Crippen LogP contribution < -0.4 is 10.6 Å². The number of rotatable bonds is 12. The Morgan fingerprint density at radius 2 is 1.96 bits per heavy atom. The smallest absolute Gasteiger partial charge is 0.407 e. The number of methoxy groups -OCH3 is 1. The topological polar surface area (TPSA) is 114 Å². The van der Waals surface area contributed by atoms with Gasteiger partial charge in [0.1, 0.15) is 12.6 Å². The molecule has 0 aliphatic rings. The molecule has 8 nitrogen and oxygen atoms in total. The highest BCUT2D eigenvalue weighted by Crippen LogP contribution is 2.05. The fourth-order valence-electron chi connectivity index (χ4n) is 2.37. The average Bonchev–Trinajstić information content (AvgIpc) is 2.70. The average molecular weight is 392 g/mol. The minimum absolute atomic E-state index is 0.106. The lowest BCUT2D eigenvalue weighted by Crippen LogP contribution is -2.43. The van der Waals surface area contributed by atoms with Gasteiger partial charge in [-0.15, -0.1) is 6.58 Å². The van der Waals surface area contributed by atoms with Crippen LogP contribution in [0.2, 0.25) is 0 Å². The first-order valence-corrected chi connectivity index (χ1v) is 9.07. The number of esters is 1. The molecule has 0 bridgehead atoms. The zero-order valence-electron chi connectivity index (χ0n) is 16.1. The van der Waals surface area contributed by atoms with Crippen LogP contribution in [0.5, 0.6) is 0 Å². The monoisotopic (exact) mass is 392 g/mol. The largest absolute Gasteiger partial charge is 0.467 e. The molecule has 2 amide bonds. The highest BCUT2D eigenvalue weighted by atomic mass is 16.5. The Morgan fingerprint density at radius 3 is 2.61 bits per heavy atom. The third kappa shape index (κ3) is 9.72. The molecule has 28 heavy (non-hydrogen) atoms. The number of hydrogen-bond acceptors (Lipinski definition) is 6. The molecule has 0 aliphatic heterocycles. The van der Waals surface area contributed by atoms with Gasteiger partial charge in [0, 0.05) is 6.54 Å². The van der Waals surface area contributed by atoms with E-state index in [0.29, 0.717) is 19.3 Å². The molecule has 3 N–H and O–H groups in total. The molecule has 0 unspecified atom stereocenters. The maximum Gasteiger partial charge on any atom is 0.407 e. The fraction of sp³-hybridized carbons (Fsp3) is 0.450. The van der Waals surface area contributed by atoms with E-state index in [1.807, 2.05) is 30.3 Å². The van der Waals surface area contributed by atoms with Crippen LogP contribution in [0.4, 0.5) is 4.79 Å². The molecule has 0 aromatic heterocycles. The number of nitrogens with one attached hydrogen (secondary N) is 2. The summed E-state index contributed by atoms with van der Waals surface area (Å²) in [5.41, 5.74) is 0.836. The molecule has 0 saturated heterocycles. The van der Waals surface area contributed by atoms with Crippen molar-refractivity contribution in [2.45, 2.75) is 44.4 Å². The number of alkyl carbamates (subject to hydrolysis) is 1. The van der Waals surface area contributed by atoms with Gasteiger partial charge in [-0.1, -0.05) is 36.4 Å². The van der Waals surface area contributed by atoms with Gasteiger partial charge < -0.3 is 25.2 Å². The minimum Gasteiger partial charge on any atom is -0.467 e. The van der Waals surface area contributed by atoms with E-state index in [4.69, 9.17) is 4.74 Å². The van der Waals surface area contributed by atoms with Crippen molar-refractivity contribution in [2.24, 2.45) is 0 Å². The van der Waals surface area contributed by atoms with Gasteiger partial charge in [-0.3, -0.25) is 4.79 Å². The first-order chi connectivity index (χ1) is 13.5. The van der Waals surface area contributed by atoms with Gasteiger partial charge in [-0.25, -0.2) is 9.59 Å². The van der Waals surface area contributed by atoms with Crippen molar-refractivity contribution >= 4 is 18.0 Å². The lowest BCUT2D eigenvalue weighted by Gasteiger charge is -2.17. The summed E-state index contributed by atoms with van der Waals surface area (Å²) in [7, 11) is 1.24. The maximum atomic E-state index is 12.0. The number of hydrogen-bond donors (Lipinski definition) is 3. The molecule has 1 aromatic carbocycles. The maximum absolute atomic E-state index is 12.0. The molecule has 0 radical (unpaired) electrons. The van der Waals surface area contributed by atoms with Crippen molar-refractivity contribution in [1.82, 2.24) is 10.6 Å². The fourth-order valence-corrected chi connectivity index (χ4v) is 2.37. The van der Waals surface area contributed by atoms with Crippen LogP contribution in [-0.4, -0.2) is 48.9 Å². The van der Waals surface area contributed by atoms with Crippen molar-refractivity contribution in [3.8, 4) is 0 Å². The number of unbranched alkanes of at least 4 members (excludes halogenated alkanes) is 1. The van der Waals surface area contributed by atoms with Crippen LogP contribution in [0.3, 0.4) is 0 Å². The number of benzene rings is 1. The zero-order valence-corrected chi connectivity index (χ0v) is 16.1. The SMILES string of the molecule is C=CCCC[C@@H](NC(=O)C[C@H](O)CNC(=O)OCc1ccccc1)C(=O)OC. The van der Waals surface area contributed by atoms with E-state index < -0.39 is 30.1 Å². The summed E-state index contributed by atoms with van der Waals surface area (Å²) in [6.45, 7) is 3.56. The van der Waals surface area contributed by atoms with E-state index in [1.165, 1.54) is 7.11 Å². The zero-order chi connectivity index (χ0) is 20.8. The molecule has 0 heterocycles. The van der Waals surface area contributed by atoms with Crippen LogP contribution in [0, 0.1) is 0 Å². The van der Waals surface area contributed by atoms with Gasteiger partial charge in [0.15, 0.2) is 0 Å². The Balaban J connectivity index is 2.32. The first-order valence-electron chi connectivity index (χ1n) is 9.07. The van der Waals surface area contributed by atoms with Gasteiger partial charge in [-0.2, -0.15) is 0 Å². The van der Waals surface area contributed by atoms with E-state index in [1.54, 1.807) is 6.08 Å². The van der Waals surface area contributed by atoms with Crippen molar-refractivity contribution in [1.29, 1.82) is 0 Å². The number of carbonyl (C=O) groups is 3. The molecular weight excluding hydrogens is 364 g/mol. The molecule has 0 aliphatic carbocycles. The number of aliphatic hydroxyl groups excluding tert-OH is 1. The molecule has 2 atom stereocenters. The van der Waals surface area contributed by atoms with Crippen LogP contribution in [0.15, 0.2) is 43.0 Å². The molecule has 1 aromatic rings. The molecule has 1 rings (SSSR count). The minimum atomic E-state index is -1.12. The summed E-state index contributed by atoms with van der Waals surface area (Å²) in [6.07, 6.45) is 1.43. The summed E-state index contributed by atoms with van der Waals surface area (Å²) in [6, 6.07) is 8.37. The van der Waals surface area contributed by atoms with Gasteiger partial charge in [0.05, 0.1) is 19.6 Å². The summed E-state index contributed by atoms with van der Waals surface area (Å²) >= 11 is 0. The second-order valence-corrected chi connectivity index (χ2v) is 6.16. The van der Waals surface area contributed by atoms with Crippen molar-refractivity contribution in [3.05, 3.63) is 48.6 Å². The Kier molecular flexibility index (Phi) is 11.0. The van der Waals surface area contributed by atoms with Crippen molar-refractivity contribution in [2.75, 3.05) is 13.7 Å². The third-order valence-electron chi connectivity index (χ3n) is 3.84. The molecule has 0 spiro atoms. The Hall–Kier alpha value is -2.87. The van der Waals surface area contributed by atoms with Gasteiger partial charge in [0.25, 0.3) is 0 Å². The molecule has 0 saturated carbocycles. The number of amides is 2. The van der Waals surface area contributed by atoms with Gasteiger partial charge in [-0.05, 0) is 24.8 Å². The summed E-state index contributed by atoms with van der Waals surface area (Å²) < 4.78 is 9.69. The Labute approximate surface area is 164 Å². The quantitative estimate of drug-likeness (QED) is 0.283. The molecule has 8 heteroatoms. The van der Waals surface area contributed by atoms with E-state index in [9.17, 15) is 19.5 Å². The second-order valence-electron chi connectivity index (χ2n) is 6.16. The predicted octanol–water partition coefficient (Wildman–Crippen LogP) is 1.68. The Bertz CT molecular complexity index is 635. The highest BCUT2D eigenvalue weighted by Gasteiger charge is 2.22. The predicted molar refractivity (Wildman–Crippen MR) is 103 cm³/mol. The van der Waals surface area contributed by atoms with E-state index >= 15 is 0 Å². The third-order valence-corrected chi connectivity index (χ3v) is 3.84. The number of carbonyl (C=O) groups excluding carboxylic acids is 3. The van der Waals surface area contributed by atoms with Crippen molar-refractivity contribution in [3.63, 3.8) is 0 Å². The van der Waals surface area contributed by atoms with E-state index in [0.717, 1.165) is 5.56 Å². The number of allylic oxidation sites excluding steroid dienone is 1. The van der Waals surface area contributed by atoms with Crippen LogP contribution in [-0.2, 0) is 25.7 Å². The normalized spacial score (nSPS) is 12.4. The molecule has 0 fully saturated rings. The molecular formula is C20H28N2O6. The lowest BCUT2D eigenvalue weighted by atomic mass is 10.1. The van der Waals surface area contributed by atoms with Gasteiger partial charge in [0.2, 0.25) is 5.91 Å². The van der Waals surface area contributed by atoms with Crippen LogP contribution in [0.25, 0.3) is 0 Å². The van der Waals surface area contributed by atoms with Crippen LogP contribution in [0.1, 0.15) is 31.2 Å². The lowest BCUT2D eigenvalue weighted by molar-refractivity contribution is -0.145. The van der Waals surface area contributed by atoms with E-state index in [2.05, 4.69) is 21.9 Å². The number of aliphatic hydroxyl groups is 1. The second kappa shape index (κ2) is 13.3. The first kappa shape index (κ1) is 23.2. The number of ether oxygens (including phenoxy) is 2. The highest BCUT2D eigenvalue weighted by molar-refractivity contribution is 5.84. The summed E-state index contributed by atoms with van der Waals surface area (Å²) in [5.74, 6) is -1.06. The molecule has 154 valence electrons. The van der Waals surface area contributed by atoms with Gasteiger partial charge >= 0.3 is 12.1 Å². The standard InChI is InChI=1S/C20H28N2O6/c1-3-4-6-11-17(19(25)27-2)22-18(24)12-16(23)13-21-20(26)28-14-15-9-7-5-8-10-15/h3,5,7-10,16-17,23H,1,4,6,11-14H2,2H3,(H,21,26)(H,22,24)/t16-,17+/m0/s1.